The summed E-state index contributed by atoms with van der Waals surface area (Å²) >= 11 is 11.9. The van der Waals surface area contributed by atoms with Crippen molar-refractivity contribution in [2.75, 3.05) is 6.61 Å². The first-order chi connectivity index (χ1) is 13.5. The second kappa shape index (κ2) is 7.54. The van der Waals surface area contributed by atoms with Crippen LogP contribution in [0, 0.1) is 0 Å². The molecule has 4 aromatic rings. The maximum Gasteiger partial charge on any atom is 0.235 e. The van der Waals surface area contributed by atoms with Crippen molar-refractivity contribution >= 4 is 40.0 Å². The van der Waals surface area contributed by atoms with E-state index < -0.39 is 17.8 Å². The first-order valence-electron chi connectivity index (χ1n) is 8.25. The molecule has 0 amide bonds. The van der Waals surface area contributed by atoms with Crippen LogP contribution in [-0.4, -0.2) is 12.4 Å². The molecule has 2 heterocycles. The summed E-state index contributed by atoms with van der Waals surface area (Å²) < 4.78 is 16.8. The van der Waals surface area contributed by atoms with E-state index in [4.69, 9.17) is 36.8 Å². The fourth-order valence-corrected chi connectivity index (χ4v) is 3.27. The number of para-hydroxylation sites is 1. The van der Waals surface area contributed by atoms with E-state index in [0.29, 0.717) is 21.8 Å². The van der Waals surface area contributed by atoms with Crippen LogP contribution in [0.15, 0.2) is 74.5 Å². The number of Topliss-reactive ketones (excluding diaryl/α,β-unsaturated/α-hetero) is 1. The van der Waals surface area contributed by atoms with Crippen LogP contribution in [0.4, 0.5) is 0 Å². The van der Waals surface area contributed by atoms with Gasteiger partial charge in [-0.25, -0.2) is 0 Å². The van der Waals surface area contributed by atoms with E-state index in [-0.39, 0.29) is 22.1 Å². The van der Waals surface area contributed by atoms with Gasteiger partial charge in [0.1, 0.15) is 5.58 Å². The quantitative estimate of drug-likeness (QED) is 0.396. The van der Waals surface area contributed by atoms with Crippen molar-refractivity contribution in [3.63, 3.8) is 0 Å². The molecule has 0 saturated heterocycles. The summed E-state index contributed by atoms with van der Waals surface area (Å²) in [6, 6.07) is 14.6. The number of carbonyl (C=O) groups is 1. The van der Waals surface area contributed by atoms with Gasteiger partial charge in [-0.1, -0.05) is 35.3 Å². The Labute approximate surface area is 169 Å². The van der Waals surface area contributed by atoms with Gasteiger partial charge in [0.05, 0.1) is 16.7 Å². The normalized spacial score (nSPS) is 10.9. The first kappa shape index (κ1) is 18.3. The number of halogens is 2. The molecule has 0 aliphatic heterocycles. The molecule has 0 saturated carbocycles. The smallest absolute Gasteiger partial charge is 0.235 e. The van der Waals surface area contributed by atoms with Crippen LogP contribution < -0.4 is 10.2 Å². The van der Waals surface area contributed by atoms with Gasteiger partial charge in [-0.2, -0.15) is 0 Å². The molecular weight excluding hydrogens is 403 g/mol. The zero-order valence-corrected chi connectivity index (χ0v) is 15.8. The van der Waals surface area contributed by atoms with E-state index in [9.17, 15) is 9.59 Å². The van der Waals surface area contributed by atoms with E-state index in [2.05, 4.69) is 0 Å². The third kappa shape index (κ3) is 3.42. The molecule has 0 radical (unpaired) electrons. The number of ether oxygens (including phenoxy) is 1. The predicted octanol–water partition coefficient (Wildman–Crippen LogP) is 5.62. The summed E-state index contributed by atoms with van der Waals surface area (Å²) in [6.45, 7) is -0.405. The van der Waals surface area contributed by atoms with Crippen LogP contribution >= 0.6 is 23.2 Å². The summed E-state index contributed by atoms with van der Waals surface area (Å²) in [5.74, 6) is -0.0785. The first-order valence-corrected chi connectivity index (χ1v) is 9.01. The summed E-state index contributed by atoms with van der Waals surface area (Å²) in [5, 5.41) is 0.959. The molecule has 5 nitrogen and oxygen atoms in total. The minimum Gasteiger partial charge on any atom is -0.478 e. The van der Waals surface area contributed by atoms with Crippen molar-refractivity contribution in [1.82, 2.24) is 0 Å². The summed E-state index contributed by atoms with van der Waals surface area (Å²) in [4.78, 5) is 25.4. The highest BCUT2D eigenvalue weighted by atomic mass is 35.5. The molecule has 28 heavy (non-hydrogen) atoms. The zero-order chi connectivity index (χ0) is 19.7. The Morgan fingerprint density at radius 2 is 1.86 bits per heavy atom. The Morgan fingerprint density at radius 3 is 2.61 bits per heavy atom. The third-order valence-corrected chi connectivity index (χ3v) is 4.63. The monoisotopic (exact) mass is 414 g/mol. The number of furan rings is 1. The van der Waals surface area contributed by atoms with Gasteiger partial charge in [-0.15, -0.1) is 0 Å². The van der Waals surface area contributed by atoms with E-state index in [1.165, 1.54) is 18.4 Å². The van der Waals surface area contributed by atoms with Crippen LogP contribution in [0.3, 0.4) is 0 Å². The van der Waals surface area contributed by atoms with Crippen LogP contribution in [0.1, 0.15) is 10.4 Å². The Kier molecular flexibility index (Phi) is 4.94. The summed E-state index contributed by atoms with van der Waals surface area (Å²) in [5.41, 5.74) is 0.234. The van der Waals surface area contributed by atoms with E-state index in [1.807, 2.05) is 0 Å². The van der Waals surface area contributed by atoms with Crippen molar-refractivity contribution in [3.8, 4) is 17.3 Å². The van der Waals surface area contributed by atoms with Gasteiger partial charge in [-0.05, 0) is 42.5 Å². The molecule has 2 aromatic carbocycles. The largest absolute Gasteiger partial charge is 0.478 e. The van der Waals surface area contributed by atoms with Gasteiger partial charge >= 0.3 is 0 Å². The molecule has 0 N–H and O–H groups in total. The number of hydrogen-bond acceptors (Lipinski definition) is 5. The molecule has 140 valence electrons. The maximum absolute atomic E-state index is 12.9. The van der Waals surface area contributed by atoms with Crippen molar-refractivity contribution in [3.05, 3.63) is 86.7 Å². The average Bonchev–Trinajstić information content (AvgIpc) is 3.21. The van der Waals surface area contributed by atoms with E-state index in [0.717, 1.165) is 0 Å². The van der Waals surface area contributed by atoms with Crippen molar-refractivity contribution in [2.45, 2.75) is 0 Å². The minimum absolute atomic E-state index is 0.105. The molecule has 0 spiro atoms. The Bertz CT molecular complexity index is 1230. The number of carbonyl (C=O) groups excluding carboxylic acids is 1. The van der Waals surface area contributed by atoms with Gasteiger partial charge < -0.3 is 13.6 Å². The lowest BCUT2D eigenvalue weighted by Crippen LogP contribution is -2.17. The molecular formula is C21H12Cl2O5. The second-order valence-electron chi connectivity index (χ2n) is 5.90. The van der Waals surface area contributed by atoms with Gasteiger partial charge in [0.15, 0.2) is 12.4 Å². The highest BCUT2D eigenvalue weighted by Crippen LogP contribution is 2.31. The van der Waals surface area contributed by atoms with Crippen LogP contribution in [-0.2, 0) is 0 Å². The molecule has 0 aliphatic carbocycles. The molecule has 0 fully saturated rings. The van der Waals surface area contributed by atoms with Gasteiger partial charge in [0, 0.05) is 10.6 Å². The molecule has 0 bridgehead atoms. The topological polar surface area (TPSA) is 69.7 Å². The minimum atomic E-state index is -0.405. The lowest BCUT2D eigenvalue weighted by atomic mass is 10.1. The summed E-state index contributed by atoms with van der Waals surface area (Å²) in [6.07, 6.45) is 1.45. The number of benzene rings is 2. The number of ketones is 1. The van der Waals surface area contributed by atoms with Gasteiger partial charge in [0.25, 0.3) is 0 Å². The Morgan fingerprint density at radius 1 is 1.04 bits per heavy atom. The predicted molar refractivity (Wildman–Crippen MR) is 106 cm³/mol. The van der Waals surface area contributed by atoms with Crippen molar-refractivity contribution < 1.29 is 18.4 Å². The lowest BCUT2D eigenvalue weighted by Gasteiger charge is -2.10. The fourth-order valence-electron chi connectivity index (χ4n) is 2.76. The summed E-state index contributed by atoms with van der Waals surface area (Å²) in [7, 11) is 0. The Hall–Kier alpha value is -3.02. The van der Waals surface area contributed by atoms with Crippen LogP contribution in [0.2, 0.25) is 10.0 Å². The van der Waals surface area contributed by atoms with E-state index in [1.54, 1.807) is 42.5 Å². The number of fused-ring (bicyclic) bond motifs is 1. The second-order valence-corrected chi connectivity index (χ2v) is 6.74. The van der Waals surface area contributed by atoms with Crippen molar-refractivity contribution in [1.29, 1.82) is 0 Å². The average molecular weight is 415 g/mol. The lowest BCUT2D eigenvalue weighted by molar-refractivity contribution is 0.0920. The van der Waals surface area contributed by atoms with Gasteiger partial charge in [-0.3, -0.25) is 9.59 Å². The maximum atomic E-state index is 12.9. The highest BCUT2D eigenvalue weighted by Gasteiger charge is 2.21. The fraction of sp³-hybridized carbons (Fsp3) is 0.0476. The Balaban J connectivity index is 1.73. The van der Waals surface area contributed by atoms with Crippen LogP contribution in [0.25, 0.3) is 22.5 Å². The zero-order valence-electron chi connectivity index (χ0n) is 14.3. The van der Waals surface area contributed by atoms with Crippen LogP contribution in [0.5, 0.6) is 5.75 Å². The highest BCUT2D eigenvalue weighted by molar-refractivity contribution is 6.36. The van der Waals surface area contributed by atoms with E-state index >= 15 is 0 Å². The van der Waals surface area contributed by atoms with Gasteiger partial charge in [0.2, 0.25) is 22.7 Å². The molecule has 0 aliphatic rings. The standard InChI is InChI=1S/C21H12Cl2O5/c22-12-7-8-13(15(23)10-12)16(24)11-27-21-19(25)14-4-1-2-5-17(14)28-20(21)18-6-3-9-26-18/h1-10H,11H2. The third-order valence-electron chi connectivity index (χ3n) is 4.08. The number of hydrogen-bond donors (Lipinski definition) is 0. The molecule has 4 rings (SSSR count). The van der Waals surface area contributed by atoms with Crippen molar-refractivity contribution in [2.24, 2.45) is 0 Å². The molecule has 0 unspecified atom stereocenters. The number of rotatable bonds is 5. The molecule has 0 atom stereocenters. The SMILES string of the molecule is O=C(COc1c(-c2ccco2)oc2ccccc2c1=O)c1ccc(Cl)cc1Cl. The molecule has 2 aromatic heterocycles. The molecule has 7 heteroatoms.